The summed E-state index contributed by atoms with van der Waals surface area (Å²) < 4.78 is 16.1. The third-order valence-corrected chi connectivity index (χ3v) is 8.55. The predicted molar refractivity (Wildman–Crippen MR) is 193 cm³/mol. The molecule has 5 rings (SSSR count). The summed E-state index contributed by atoms with van der Waals surface area (Å²) in [6.07, 6.45) is 1.59. The van der Waals surface area contributed by atoms with Crippen LogP contribution in [0.25, 0.3) is 6.08 Å². The van der Waals surface area contributed by atoms with Crippen LogP contribution in [0.4, 0.5) is 11.4 Å². The SMILES string of the molecule is COc1ccc(/C=C(/NC(=O)c2ccccc2)C(=O)Nc2cccc(SC(C(=O)Nc3cc(OC)ccc3OC)c3ccccc3)c2)cc1. The van der Waals surface area contributed by atoms with Crippen molar-refractivity contribution in [2.75, 3.05) is 32.0 Å². The Balaban J connectivity index is 1.39. The minimum Gasteiger partial charge on any atom is -0.497 e. The topological polar surface area (TPSA) is 115 Å². The van der Waals surface area contributed by atoms with Crippen molar-refractivity contribution >= 4 is 46.9 Å². The molecule has 5 aromatic rings. The minimum atomic E-state index is -0.654. The Morgan fingerprint density at radius 3 is 2.02 bits per heavy atom. The van der Waals surface area contributed by atoms with Gasteiger partial charge < -0.3 is 30.2 Å². The summed E-state index contributed by atoms with van der Waals surface area (Å²) in [5.41, 5.74) is 2.88. The van der Waals surface area contributed by atoms with E-state index in [1.807, 2.05) is 42.5 Å². The van der Waals surface area contributed by atoms with Gasteiger partial charge in [0, 0.05) is 22.2 Å². The first-order valence-corrected chi connectivity index (χ1v) is 16.1. The van der Waals surface area contributed by atoms with Crippen molar-refractivity contribution in [1.82, 2.24) is 5.32 Å². The van der Waals surface area contributed by atoms with E-state index in [-0.39, 0.29) is 11.6 Å². The lowest BCUT2D eigenvalue weighted by molar-refractivity contribution is -0.116. The van der Waals surface area contributed by atoms with Crippen molar-refractivity contribution in [3.63, 3.8) is 0 Å². The Kier molecular flexibility index (Phi) is 11.7. The van der Waals surface area contributed by atoms with Crippen LogP contribution in [0.15, 0.2) is 138 Å². The predicted octanol–water partition coefficient (Wildman–Crippen LogP) is 7.59. The second-order valence-electron chi connectivity index (χ2n) is 10.6. The first kappa shape index (κ1) is 34.3. The van der Waals surface area contributed by atoms with Crippen molar-refractivity contribution in [3.05, 3.63) is 150 Å². The van der Waals surface area contributed by atoms with E-state index >= 15 is 0 Å². The van der Waals surface area contributed by atoms with Crippen LogP contribution in [0.3, 0.4) is 0 Å². The summed E-state index contributed by atoms with van der Waals surface area (Å²) in [5, 5.41) is 7.99. The fourth-order valence-electron chi connectivity index (χ4n) is 4.80. The van der Waals surface area contributed by atoms with Gasteiger partial charge in [0.2, 0.25) is 5.91 Å². The zero-order valence-electron chi connectivity index (χ0n) is 27.1. The summed E-state index contributed by atoms with van der Waals surface area (Å²) in [6, 6.07) is 37.5. The van der Waals surface area contributed by atoms with E-state index < -0.39 is 17.1 Å². The second kappa shape index (κ2) is 16.7. The van der Waals surface area contributed by atoms with Crippen LogP contribution < -0.4 is 30.2 Å². The molecule has 0 radical (unpaired) electrons. The van der Waals surface area contributed by atoms with Gasteiger partial charge in [0.15, 0.2) is 0 Å². The molecule has 0 fully saturated rings. The van der Waals surface area contributed by atoms with E-state index in [9.17, 15) is 14.4 Å². The lowest BCUT2D eigenvalue weighted by atomic mass is 10.1. The van der Waals surface area contributed by atoms with E-state index in [4.69, 9.17) is 14.2 Å². The van der Waals surface area contributed by atoms with Crippen molar-refractivity contribution in [1.29, 1.82) is 0 Å². The number of anilines is 2. The van der Waals surface area contributed by atoms with E-state index in [1.165, 1.54) is 18.9 Å². The minimum absolute atomic E-state index is 0.0471. The number of hydrogen-bond acceptors (Lipinski definition) is 7. The molecule has 0 saturated carbocycles. The molecule has 0 aliphatic carbocycles. The van der Waals surface area contributed by atoms with Crippen LogP contribution in [-0.4, -0.2) is 39.1 Å². The van der Waals surface area contributed by atoms with Crippen LogP contribution in [0.2, 0.25) is 0 Å². The van der Waals surface area contributed by atoms with Crippen molar-refractivity contribution < 1.29 is 28.6 Å². The van der Waals surface area contributed by atoms with E-state index in [2.05, 4.69) is 16.0 Å². The Labute approximate surface area is 289 Å². The van der Waals surface area contributed by atoms with Crippen LogP contribution >= 0.6 is 11.8 Å². The molecule has 0 heterocycles. The normalized spacial score (nSPS) is 11.5. The van der Waals surface area contributed by atoms with Gasteiger partial charge in [-0.15, -0.1) is 11.8 Å². The van der Waals surface area contributed by atoms with E-state index in [0.717, 1.165) is 10.5 Å². The van der Waals surface area contributed by atoms with Gasteiger partial charge >= 0.3 is 0 Å². The molecule has 3 N–H and O–H groups in total. The number of ether oxygens (including phenoxy) is 3. The molecule has 9 nitrogen and oxygen atoms in total. The highest BCUT2D eigenvalue weighted by Crippen LogP contribution is 2.38. The number of thioether (sulfide) groups is 1. The number of carbonyl (C=O) groups is 3. The Morgan fingerprint density at radius 1 is 0.673 bits per heavy atom. The molecule has 0 aliphatic rings. The molecule has 10 heteroatoms. The van der Waals surface area contributed by atoms with Crippen LogP contribution in [-0.2, 0) is 9.59 Å². The van der Waals surface area contributed by atoms with Crippen LogP contribution in [0, 0.1) is 0 Å². The molecule has 0 spiro atoms. The Morgan fingerprint density at radius 2 is 1.35 bits per heavy atom. The van der Waals surface area contributed by atoms with Gasteiger partial charge in [-0.2, -0.15) is 0 Å². The maximum atomic E-state index is 13.8. The molecule has 1 atom stereocenters. The highest BCUT2D eigenvalue weighted by Gasteiger charge is 2.24. The molecule has 0 bridgehead atoms. The summed E-state index contributed by atoms with van der Waals surface area (Å²) in [4.78, 5) is 41.3. The van der Waals surface area contributed by atoms with Gasteiger partial charge in [-0.25, -0.2) is 0 Å². The quantitative estimate of drug-likeness (QED) is 0.0872. The third-order valence-electron chi connectivity index (χ3n) is 7.31. The highest BCUT2D eigenvalue weighted by atomic mass is 32.2. The number of carbonyl (C=O) groups excluding carboxylic acids is 3. The van der Waals surface area contributed by atoms with Crippen LogP contribution in [0.1, 0.15) is 26.7 Å². The van der Waals surface area contributed by atoms with Crippen molar-refractivity contribution in [2.24, 2.45) is 0 Å². The first-order valence-electron chi connectivity index (χ1n) is 15.2. The molecule has 1 unspecified atom stereocenters. The number of amides is 3. The standard InChI is InChI=1S/C39H35N3O6S/c1-46-30-19-17-26(18-20-30)23-34(42-37(43)28-13-8-5-9-14-28)38(44)40-29-15-10-16-32(24-29)49-36(27-11-6-4-7-12-27)39(45)41-33-25-31(47-2)21-22-35(33)48-3/h4-25,36H,1-3H3,(H,40,44)(H,41,45)(H,42,43)/b34-23+. The summed E-state index contributed by atoms with van der Waals surface area (Å²) >= 11 is 1.32. The average Bonchev–Trinajstić information content (AvgIpc) is 3.14. The Bertz CT molecular complexity index is 1930. The fourth-order valence-corrected chi connectivity index (χ4v) is 5.89. The van der Waals surface area contributed by atoms with Crippen molar-refractivity contribution in [3.8, 4) is 17.2 Å². The molecule has 0 aliphatic heterocycles. The average molecular weight is 674 g/mol. The number of hydrogen-bond donors (Lipinski definition) is 3. The monoisotopic (exact) mass is 673 g/mol. The van der Waals surface area contributed by atoms with Crippen molar-refractivity contribution in [2.45, 2.75) is 10.1 Å². The lowest BCUT2D eigenvalue weighted by Gasteiger charge is -2.19. The fraction of sp³-hybridized carbons (Fsp3) is 0.103. The van der Waals surface area contributed by atoms with E-state index in [0.29, 0.717) is 39.8 Å². The summed E-state index contributed by atoms with van der Waals surface area (Å²) in [6.45, 7) is 0. The largest absolute Gasteiger partial charge is 0.497 e. The molecule has 3 amide bonds. The van der Waals surface area contributed by atoms with Gasteiger partial charge in [-0.3, -0.25) is 14.4 Å². The molecule has 248 valence electrons. The zero-order chi connectivity index (χ0) is 34.6. The summed E-state index contributed by atoms with van der Waals surface area (Å²) in [5.74, 6) is 0.507. The van der Waals surface area contributed by atoms with E-state index in [1.54, 1.807) is 105 Å². The van der Waals surface area contributed by atoms with Crippen LogP contribution in [0.5, 0.6) is 17.2 Å². The third kappa shape index (κ3) is 9.30. The second-order valence-corrected chi connectivity index (χ2v) is 11.8. The maximum Gasteiger partial charge on any atom is 0.272 e. The number of methoxy groups -OCH3 is 3. The maximum absolute atomic E-state index is 13.8. The highest BCUT2D eigenvalue weighted by molar-refractivity contribution is 8.00. The number of rotatable bonds is 13. The van der Waals surface area contributed by atoms with Gasteiger partial charge in [0.1, 0.15) is 28.2 Å². The van der Waals surface area contributed by atoms with Gasteiger partial charge in [-0.1, -0.05) is 66.7 Å². The zero-order valence-corrected chi connectivity index (χ0v) is 28.0. The number of nitrogens with one attached hydrogen (secondary N) is 3. The number of benzene rings is 5. The van der Waals surface area contributed by atoms with Gasteiger partial charge in [0.05, 0.1) is 27.0 Å². The smallest absolute Gasteiger partial charge is 0.272 e. The molecular weight excluding hydrogens is 639 g/mol. The first-order chi connectivity index (χ1) is 23.9. The molecule has 49 heavy (non-hydrogen) atoms. The lowest BCUT2D eigenvalue weighted by Crippen LogP contribution is -2.30. The molecule has 0 saturated heterocycles. The molecular formula is C39H35N3O6S. The molecule has 0 aromatic heterocycles. The Hall–Kier alpha value is -6.00. The van der Waals surface area contributed by atoms with Gasteiger partial charge in [-0.05, 0) is 71.8 Å². The summed E-state index contributed by atoms with van der Waals surface area (Å²) in [7, 11) is 4.66. The van der Waals surface area contributed by atoms with Gasteiger partial charge in [0.25, 0.3) is 11.8 Å². The molecule has 5 aromatic carbocycles.